The van der Waals surface area contributed by atoms with Crippen molar-refractivity contribution in [2.24, 2.45) is 0 Å². The topological polar surface area (TPSA) is 51.2 Å². The molecule has 0 saturated carbocycles. The van der Waals surface area contributed by atoms with E-state index in [0.29, 0.717) is 17.3 Å². The molecule has 0 unspecified atom stereocenters. The van der Waals surface area contributed by atoms with E-state index in [-0.39, 0.29) is 5.91 Å². The van der Waals surface area contributed by atoms with Gasteiger partial charge in [-0.05, 0) is 35.9 Å². The molecule has 1 amide bonds. The average molecular weight is 275 g/mol. The zero-order valence-corrected chi connectivity index (χ0v) is 10.8. The molecule has 0 fully saturated rings. The Bertz CT molecular complexity index is 626. The van der Waals surface area contributed by atoms with Crippen molar-refractivity contribution in [1.29, 1.82) is 0 Å². The van der Waals surface area contributed by atoms with Crippen LogP contribution < -0.4 is 10.1 Å². The van der Waals surface area contributed by atoms with Crippen LogP contribution in [0, 0.1) is 0 Å². The molecule has 5 heteroatoms. The molecule has 0 spiro atoms. The summed E-state index contributed by atoms with van der Waals surface area (Å²) in [5, 5.41) is 3.20. The summed E-state index contributed by atoms with van der Waals surface area (Å²) in [7, 11) is 0. The number of halogens is 1. The first-order chi connectivity index (χ1) is 9.22. The Morgan fingerprint density at radius 2 is 2.21 bits per heavy atom. The molecule has 4 nitrogen and oxygen atoms in total. The largest absolute Gasteiger partial charge is 0.493 e. The standard InChI is InChI=1S/C14H11ClN2O2/c15-13-4-1-10(8-16-13)14(18)17-11-2-3-12-9(7-11)5-6-19-12/h1-4,7-8H,5-6H2,(H,17,18). The molecule has 1 N–H and O–H groups in total. The van der Waals surface area contributed by atoms with E-state index in [1.807, 2.05) is 18.2 Å². The monoisotopic (exact) mass is 274 g/mol. The second-order valence-electron chi connectivity index (χ2n) is 4.24. The number of nitrogens with zero attached hydrogens (tertiary/aromatic N) is 1. The highest BCUT2D eigenvalue weighted by molar-refractivity contribution is 6.29. The van der Waals surface area contributed by atoms with Crippen molar-refractivity contribution < 1.29 is 9.53 Å². The maximum Gasteiger partial charge on any atom is 0.257 e. The number of ether oxygens (including phenoxy) is 1. The molecule has 3 rings (SSSR count). The van der Waals surface area contributed by atoms with Gasteiger partial charge in [-0.1, -0.05) is 11.6 Å². The summed E-state index contributed by atoms with van der Waals surface area (Å²) in [6.45, 7) is 0.702. The SMILES string of the molecule is O=C(Nc1ccc2c(c1)CCO2)c1ccc(Cl)nc1. The van der Waals surface area contributed by atoms with Crippen LogP contribution in [-0.2, 0) is 6.42 Å². The van der Waals surface area contributed by atoms with E-state index in [1.54, 1.807) is 12.1 Å². The predicted molar refractivity (Wildman–Crippen MR) is 72.8 cm³/mol. The van der Waals surface area contributed by atoms with Gasteiger partial charge in [0.1, 0.15) is 10.9 Å². The van der Waals surface area contributed by atoms with Gasteiger partial charge in [0.15, 0.2) is 0 Å². The number of carbonyl (C=O) groups excluding carboxylic acids is 1. The van der Waals surface area contributed by atoms with Crippen molar-refractivity contribution in [2.45, 2.75) is 6.42 Å². The van der Waals surface area contributed by atoms with E-state index in [1.165, 1.54) is 6.20 Å². The van der Waals surface area contributed by atoms with Gasteiger partial charge in [-0.25, -0.2) is 4.98 Å². The zero-order chi connectivity index (χ0) is 13.2. The molecule has 0 bridgehead atoms. The Morgan fingerprint density at radius 3 is 3.00 bits per heavy atom. The van der Waals surface area contributed by atoms with Gasteiger partial charge in [0.25, 0.3) is 5.91 Å². The van der Waals surface area contributed by atoms with Gasteiger partial charge in [-0.3, -0.25) is 4.79 Å². The van der Waals surface area contributed by atoms with E-state index in [4.69, 9.17) is 16.3 Å². The van der Waals surface area contributed by atoms with E-state index < -0.39 is 0 Å². The number of aromatic nitrogens is 1. The zero-order valence-electron chi connectivity index (χ0n) is 10.0. The van der Waals surface area contributed by atoms with Crippen LogP contribution in [0.5, 0.6) is 5.75 Å². The maximum atomic E-state index is 12.0. The summed E-state index contributed by atoms with van der Waals surface area (Å²) in [4.78, 5) is 15.9. The number of hydrogen-bond donors (Lipinski definition) is 1. The first-order valence-corrected chi connectivity index (χ1v) is 6.29. The fourth-order valence-corrected chi connectivity index (χ4v) is 2.09. The fourth-order valence-electron chi connectivity index (χ4n) is 1.98. The summed E-state index contributed by atoms with van der Waals surface area (Å²) in [5.41, 5.74) is 2.34. The van der Waals surface area contributed by atoms with E-state index in [9.17, 15) is 4.79 Å². The van der Waals surface area contributed by atoms with Crippen molar-refractivity contribution in [1.82, 2.24) is 4.98 Å². The number of rotatable bonds is 2. The molecule has 1 aromatic heterocycles. The van der Waals surface area contributed by atoms with Crippen LogP contribution in [0.15, 0.2) is 36.5 Å². The molecule has 1 aliphatic heterocycles. The summed E-state index contributed by atoms with van der Waals surface area (Å²) in [6, 6.07) is 8.86. The molecule has 2 aromatic rings. The first-order valence-electron chi connectivity index (χ1n) is 5.91. The van der Waals surface area contributed by atoms with Crippen molar-refractivity contribution in [3.05, 3.63) is 52.8 Å². The number of pyridine rings is 1. The van der Waals surface area contributed by atoms with Crippen LogP contribution >= 0.6 is 11.6 Å². The van der Waals surface area contributed by atoms with Crippen molar-refractivity contribution >= 4 is 23.2 Å². The molecule has 0 radical (unpaired) electrons. The highest BCUT2D eigenvalue weighted by Gasteiger charge is 2.13. The molecule has 1 aromatic carbocycles. The van der Waals surface area contributed by atoms with E-state index in [2.05, 4.69) is 10.3 Å². The second kappa shape index (κ2) is 4.90. The summed E-state index contributed by atoms with van der Waals surface area (Å²) >= 11 is 5.68. The Labute approximate surface area is 115 Å². The van der Waals surface area contributed by atoms with Crippen LogP contribution in [0.25, 0.3) is 0 Å². The third-order valence-electron chi connectivity index (χ3n) is 2.94. The lowest BCUT2D eigenvalue weighted by molar-refractivity contribution is 0.102. The van der Waals surface area contributed by atoms with Gasteiger partial charge in [0.05, 0.1) is 12.2 Å². The predicted octanol–water partition coefficient (Wildman–Crippen LogP) is 2.92. The third kappa shape index (κ3) is 2.53. The molecule has 1 aliphatic rings. The Balaban J connectivity index is 1.77. The molecule has 0 aliphatic carbocycles. The van der Waals surface area contributed by atoms with Gasteiger partial charge < -0.3 is 10.1 Å². The van der Waals surface area contributed by atoms with Crippen LogP contribution in [-0.4, -0.2) is 17.5 Å². The van der Waals surface area contributed by atoms with E-state index >= 15 is 0 Å². The number of nitrogens with one attached hydrogen (secondary N) is 1. The third-order valence-corrected chi connectivity index (χ3v) is 3.16. The van der Waals surface area contributed by atoms with Gasteiger partial charge in [-0.2, -0.15) is 0 Å². The van der Waals surface area contributed by atoms with Crippen molar-refractivity contribution in [3.63, 3.8) is 0 Å². The minimum Gasteiger partial charge on any atom is -0.493 e. The van der Waals surface area contributed by atoms with Crippen molar-refractivity contribution in [2.75, 3.05) is 11.9 Å². The molecular formula is C14H11ClN2O2. The Kier molecular flexibility index (Phi) is 3.09. The number of benzene rings is 1. The van der Waals surface area contributed by atoms with Crippen LogP contribution in [0.4, 0.5) is 5.69 Å². The van der Waals surface area contributed by atoms with Crippen LogP contribution in [0.1, 0.15) is 15.9 Å². The van der Waals surface area contributed by atoms with Crippen LogP contribution in [0.3, 0.4) is 0 Å². The van der Waals surface area contributed by atoms with E-state index in [0.717, 1.165) is 23.4 Å². The lowest BCUT2D eigenvalue weighted by Gasteiger charge is -2.06. The van der Waals surface area contributed by atoms with Crippen molar-refractivity contribution in [3.8, 4) is 5.75 Å². The highest BCUT2D eigenvalue weighted by atomic mass is 35.5. The Morgan fingerprint density at radius 1 is 1.32 bits per heavy atom. The minimum atomic E-state index is -0.206. The maximum absolute atomic E-state index is 12.0. The van der Waals surface area contributed by atoms with Gasteiger partial charge in [-0.15, -0.1) is 0 Å². The Hall–Kier alpha value is -2.07. The molecular weight excluding hydrogens is 264 g/mol. The molecule has 0 atom stereocenters. The summed E-state index contributed by atoms with van der Waals surface area (Å²) < 4.78 is 5.42. The quantitative estimate of drug-likeness (QED) is 0.857. The summed E-state index contributed by atoms with van der Waals surface area (Å²) in [6.07, 6.45) is 2.33. The molecule has 19 heavy (non-hydrogen) atoms. The molecule has 0 saturated heterocycles. The normalized spacial score (nSPS) is 12.7. The second-order valence-corrected chi connectivity index (χ2v) is 4.63. The van der Waals surface area contributed by atoms with Gasteiger partial charge in [0.2, 0.25) is 0 Å². The highest BCUT2D eigenvalue weighted by Crippen LogP contribution is 2.28. The smallest absolute Gasteiger partial charge is 0.257 e. The number of anilines is 1. The molecule has 96 valence electrons. The van der Waals surface area contributed by atoms with Gasteiger partial charge in [0, 0.05) is 18.3 Å². The number of carbonyl (C=O) groups is 1. The fraction of sp³-hybridized carbons (Fsp3) is 0.143. The number of hydrogen-bond acceptors (Lipinski definition) is 3. The number of fused-ring (bicyclic) bond motifs is 1. The van der Waals surface area contributed by atoms with Crippen LogP contribution in [0.2, 0.25) is 5.15 Å². The molecule has 2 heterocycles. The lowest BCUT2D eigenvalue weighted by Crippen LogP contribution is -2.12. The summed E-state index contributed by atoms with van der Waals surface area (Å²) in [5.74, 6) is 0.689. The lowest BCUT2D eigenvalue weighted by atomic mass is 10.1. The van der Waals surface area contributed by atoms with Gasteiger partial charge >= 0.3 is 0 Å². The average Bonchev–Trinajstić information content (AvgIpc) is 2.87. The first kappa shape index (κ1) is 12.0. The number of amides is 1. The minimum absolute atomic E-state index is 0.206.